The molecule has 0 amide bonds. The van der Waals surface area contributed by atoms with Crippen molar-refractivity contribution in [2.75, 3.05) is 23.4 Å². The molecular formula is C13H15N3S. The zero-order chi connectivity index (χ0) is 11.5. The molecule has 17 heavy (non-hydrogen) atoms. The summed E-state index contributed by atoms with van der Waals surface area (Å²) in [4.78, 5) is 8.58. The third kappa shape index (κ3) is 2.52. The zero-order valence-corrected chi connectivity index (χ0v) is 10.4. The van der Waals surface area contributed by atoms with E-state index in [9.17, 15) is 0 Å². The fraction of sp³-hybridized carbons (Fsp3) is 0.385. The second-order valence-electron chi connectivity index (χ2n) is 4.37. The Morgan fingerprint density at radius 3 is 2.94 bits per heavy atom. The van der Waals surface area contributed by atoms with E-state index in [0.29, 0.717) is 0 Å². The van der Waals surface area contributed by atoms with Gasteiger partial charge in [-0.05, 0) is 42.0 Å². The Morgan fingerprint density at radius 2 is 2.12 bits per heavy atom. The lowest BCUT2D eigenvalue weighted by Crippen LogP contribution is -2.13. The van der Waals surface area contributed by atoms with Crippen LogP contribution in [0.2, 0.25) is 0 Å². The number of benzene rings is 1. The molecule has 1 fully saturated rings. The van der Waals surface area contributed by atoms with E-state index < -0.39 is 0 Å². The maximum atomic E-state index is 4.32. The smallest absolute Gasteiger partial charge is 0.0907 e. The number of hydrogen-bond donors (Lipinski definition) is 1. The number of thioether (sulfide) groups is 1. The van der Waals surface area contributed by atoms with Gasteiger partial charge in [0.1, 0.15) is 0 Å². The van der Waals surface area contributed by atoms with Crippen LogP contribution < -0.4 is 5.32 Å². The Kier molecular flexibility index (Phi) is 3.14. The molecule has 0 saturated carbocycles. The van der Waals surface area contributed by atoms with Gasteiger partial charge in [-0.2, -0.15) is 11.8 Å². The topological polar surface area (TPSA) is 37.8 Å². The first kappa shape index (κ1) is 10.8. The van der Waals surface area contributed by atoms with E-state index >= 15 is 0 Å². The predicted molar refractivity (Wildman–Crippen MR) is 73.5 cm³/mol. The Morgan fingerprint density at radius 1 is 1.24 bits per heavy atom. The second-order valence-corrected chi connectivity index (χ2v) is 5.52. The largest absolute Gasteiger partial charge is 0.385 e. The lowest BCUT2D eigenvalue weighted by Gasteiger charge is -2.11. The summed E-state index contributed by atoms with van der Waals surface area (Å²) in [6.07, 6.45) is 4.80. The van der Waals surface area contributed by atoms with Gasteiger partial charge in [0.2, 0.25) is 0 Å². The normalized spacial score (nSPS) is 19.6. The predicted octanol–water partition coefficient (Wildman–Crippen LogP) is 2.79. The van der Waals surface area contributed by atoms with Crippen LogP contribution in [-0.2, 0) is 0 Å². The highest BCUT2D eigenvalue weighted by Crippen LogP contribution is 2.24. The summed E-state index contributed by atoms with van der Waals surface area (Å²) in [6.45, 7) is 1.07. The van der Waals surface area contributed by atoms with E-state index in [0.717, 1.165) is 29.2 Å². The van der Waals surface area contributed by atoms with Crippen molar-refractivity contribution in [2.24, 2.45) is 5.92 Å². The van der Waals surface area contributed by atoms with Gasteiger partial charge in [0.05, 0.1) is 11.0 Å². The summed E-state index contributed by atoms with van der Waals surface area (Å²) in [7, 11) is 0. The van der Waals surface area contributed by atoms with Crippen molar-refractivity contribution in [3.63, 3.8) is 0 Å². The van der Waals surface area contributed by atoms with Crippen molar-refractivity contribution < 1.29 is 0 Å². The van der Waals surface area contributed by atoms with E-state index in [2.05, 4.69) is 39.2 Å². The van der Waals surface area contributed by atoms with Gasteiger partial charge >= 0.3 is 0 Å². The molecule has 1 aromatic carbocycles. The number of anilines is 1. The highest BCUT2D eigenvalue weighted by Gasteiger charge is 2.14. The van der Waals surface area contributed by atoms with Crippen molar-refractivity contribution in [1.29, 1.82) is 0 Å². The van der Waals surface area contributed by atoms with Gasteiger partial charge in [0.25, 0.3) is 0 Å². The standard InChI is InChI=1S/C13H15N3S/c1-2-12-13(15-5-4-14-12)7-11(1)16-8-10-3-6-17-9-10/h1-2,4-5,7,10,16H,3,6,8-9H2. The van der Waals surface area contributed by atoms with Crippen LogP contribution in [0.1, 0.15) is 6.42 Å². The van der Waals surface area contributed by atoms with Crippen molar-refractivity contribution in [1.82, 2.24) is 9.97 Å². The zero-order valence-electron chi connectivity index (χ0n) is 9.60. The second kappa shape index (κ2) is 4.92. The van der Waals surface area contributed by atoms with Crippen molar-refractivity contribution in [3.05, 3.63) is 30.6 Å². The van der Waals surface area contributed by atoms with Crippen molar-refractivity contribution in [3.8, 4) is 0 Å². The summed E-state index contributed by atoms with van der Waals surface area (Å²) in [6, 6.07) is 6.18. The maximum absolute atomic E-state index is 4.32. The average molecular weight is 245 g/mol. The minimum Gasteiger partial charge on any atom is -0.385 e. The van der Waals surface area contributed by atoms with Gasteiger partial charge in [-0.25, -0.2) is 0 Å². The van der Waals surface area contributed by atoms with Crippen LogP contribution in [0, 0.1) is 5.92 Å². The number of nitrogens with one attached hydrogen (secondary N) is 1. The minimum absolute atomic E-state index is 0.817. The molecule has 1 unspecified atom stereocenters. The highest BCUT2D eigenvalue weighted by molar-refractivity contribution is 7.99. The molecule has 0 radical (unpaired) electrons. The number of hydrogen-bond acceptors (Lipinski definition) is 4. The van der Waals surface area contributed by atoms with E-state index in [-0.39, 0.29) is 0 Å². The van der Waals surface area contributed by atoms with E-state index in [4.69, 9.17) is 0 Å². The molecule has 2 heterocycles. The first-order valence-electron chi connectivity index (χ1n) is 5.94. The van der Waals surface area contributed by atoms with Gasteiger partial charge in [-0.1, -0.05) is 0 Å². The summed E-state index contributed by atoms with van der Waals surface area (Å²) in [5.74, 6) is 3.42. The summed E-state index contributed by atoms with van der Waals surface area (Å²) < 4.78 is 0. The molecule has 4 heteroatoms. The van der Waals surface area contributed by atoms with E-state index in [1.165, 1.54) is 17.9 Å². The molecule has 1 aromatic heterocycles. The van der Waals surface area contributed by atoms with Crippen LogP contribution in [0.25, 0.3) is 11.0 Å². The molecule has 1 atom stereocenters. The van der Waals surface area contributed by atoms with E-state index in [1.807, 2.05) is 6.07 Å². The van der Waals surface area contributed by atoms with Crippen LogP contribution in [0.5, 0.6) is 0 Å². The SMILES string of the molecule is c1cnc2cc(NCC3CCSC3)ccc2n1. The summed E-state index contributed by atoms with van der Waals surface area (Å²) >= 11 is 2.06. The number of aromatic nitrogens is 2. The van der Waals surface area contributed by atoms with Crippen LogP contribution >= 0.6 is 11.8 Å². The van der Waals surface area contributed by atoms with E-state index in [1.54, 1.807) is 12.4 Å². The molecule has 0 bridgehead atoms. The monoisotopic (exact) mass is 245 g/mol. The first-order valence-corrected chi connectivity index (χ1v) is 7.10. The van der Waals surface area contributed by atoms with Crippen LogP contribution in [0.4, 0.5) is 5.69 Å². The fourth-order valence-electron chi connectivity index (χ4n) is 2.08. The Balaban J connectivity index is 1.72. The summed E-state index contributed by atoms with van der Waals surface area (Å²) in [5.41, 5.74) is 3.06. The molecule has 1 aliphatic heterocycles. The van der Waals surface area contributed by atoms with Crippen molar-refractivity contribution >= 4 is 28.5 Å². The Hall–Kier alpha value is -1.29. The van der Waals surface area contributed by atoms with Crippen LogP contribution in [-0.4, -0.2) is 28.0 Å². The van der Waals surface area contributed by atoms with Gasteiger partial charge in [0, 0.05) is 24.6 Å². The first-order chi connectivity index (χ1) is 8.42. The maximum Gasteiger partial charge on any atom is 0.0907 e. The van der Waals surface area contributed by atoms with Gasteiger partial charge in [-0.15, -0.1) is 0 Å². The van der Waals surface area contributed by atoms with Gasteiger partial charge in [-0.3, -0.25) is 9.97 Å². The molecular weight excluding hydrogens is 230 g/mol. The quantitative estimate of drug-likeness (QED) is 0.902. The fourth-order valence-corrected chi connectivity index (χ4v) is 3.36. The molecule has 3 nitrogen and oxygen atoms in total. The Bertz CT molecular complexity index is 509. The molecule has 88 valence electrons. The average Bonchev–Trinajstić information content (AvgIpc) is 2.89. The molecule has 1 N–H and O–H groups in total. The van der Waals surface area contributed by atoms with Crippen molar-refractivity contribution in [2.45, 2.75) is 6.42 Å². The third-order valence-electron chi connectivity index (χ3n) is 3.09. The van der Waals surface area contributed by atoms with Crippen LogP contribution in [0.15, 0.2) is 30.6 Å². The molecule has 1 aliphatic rings. The van der Waals surface area contributed by atoms with Gasteiger partial charge in [0.15, 0.2) is 0 Å². The highest BCUT2D eigenvalue weighted by atomic mass is 32.2. The van der Waals surface area contributed by atoms with Gasteiger partial charge < -0.3 is 5.32 Å². The number of nitrogens with zero attached hydrogens (tertiary/aromatic N) is 2. The lowest BCUT2D eigenvalue weighted by molar-refractivity contribution is 0.632. The minimum atomic E-state index is 0.817. The lowest BCUT2D eigenvalue weighted by atomic mass is 10.1. The summed E-state index contributed by atoms with van der Waals surface area (Å²) in [5, 5.41) is 3.50. The Labute approximate surface area is 105 Å². The number of rotatable bonds is 3. The molecule has 0 aliphatic carbocycles. The molecule has 0 spiro atoms. The van der Waals surface area contributed by atoms with Crippen LogP contribution in [0.3, 0.4) is 0 Å². The molecule has 3 rings (SSSR count). The number of fused-ring (bicyclic) bond motifs is 1. The molecule has 2 aromatic rings. The molecule has 1 saturated heterocycles. The third-order valence-corrected chi connectivity index (χ3v) is 4.32.